The van der Waals surface area contributed by atoms with Gasteiger partial charge in [0.1, 0.15) is 0 Å². The van der Waals surface area contributed by atoms with Crippen LogP contribution in [0.3, 0.4) is 0 Å². The van der Waals surface area contributed by atoms with Gasteiger partial charge in [-0.2, -0.15) is 0 Å². The Balaban J connectivity index is 1.17. The summed E-state index contributed by atoms with van der Waals surface area (Å²) in [7, 11) is 0. The Morgan fingerprint density at radius 3 is 2.43 bits per heavy atom. The van der Waals surface area contributed by atoms with E-state index in [2.05, 4.69) is 95.6 Å². The summed E-state index contributed by atoms with van der Waals surface area (Å²) in [5, 5.41) is 7.93. The molecule has 0 unspecified atom stereocenters. The SMILES string of the molecule is CC(C)(C)c1ccc(-c2cc(C[C@@H]3CNCC[C@H]3CC(=O)N3CCN(c4ccccc4)CC3)no2)cc1. The number of carbonyl (C=O) groups is 1. The second-order valence-electron chi connectivity index (χ2n) is 11.6. The fraction of sp³-hybridized carbons (Fsp3) is 0.484. The molecule has 6 nitrogen and oxygen atoms in total. The molecule has 2 saturated heterocycles. The summed E-state index contributed by atoms with van der Waals surface area (Å²) in [6.45, 7) is 11.9. The molecular weight excluding hydrogens is 460 g/mol. The minimum absolute atomic E-state index is 0.126. The van der Waals surface area contributed by atoms with Gasteiger partial charge in [0.25, 0.3) is 0 Å². The smallest absolute Gasteiger partial charge is 0.222 e. The normalized spacial score (nSPS) is 20.7. The molecule has 2 aliphatic rings. The van der Waals surface area contributed by atoms with E-state index in [1.165, 1.54) is 11.3 Å². The Morgan fingerprint density at radius 2 is 1.73 bits per heavy atom. The van der Waals surface area contributed by atoms with Gasteiger partial charge < -0.3 is 19.6 Å². The second-order valence-corrected chi connectivity index (χ2v) is 11.6. The Morgan fingerprint density at radius 1 is 1.00 bits per heavy atom. The van der Waals surface area contributed by atoms with Crippen molar-refractivity contribution in [1.82, 2.24) is 15.4 Å². The van der Waals surface area contributed by atoms with Crippen molar-refractivity contribution in [2.45, 2.75) is 45.4 Å². The summed E-state index contributed by atoms with van der Waals surface area (Å²) in [6.07, 6.45) is 2.48. The highest BCUT2D eigenvalue weighted by atomic mass is 16.5. The molecule has 0 saturated carbocycles. The van der Waals surface area contributed by atoms with Crippen molar-refractivity contribution in [1.29, 1.82) is 0 Å². The number of piperidine rings is 1. The highest BCUT2D eigenvalue weighted by molar-refractivity contribution is 5.77. The van der Waals surface area contributed by atoms with Gasteiger partial charge >= 0.3 is 0 Å². The molecule has 196 valence electrons. The first-order valence-electron chi connectivity index (χ1n) is 13.7. The monoisotopic (exact) mass is 500 g/mol. The molecule has 1 aromatic heterocycles. The van der Waals surface area contributed by atoms with E-state index in [-0.39, 0.29) is 5.41 Å². The number of rotatable bonds is 6. The number of hydrogen-bond acceptors (Lipinski definition) is 5. The van der Waals surface area contributed by atoms with Crippen LogP contribution < -0.4 is 10.2 Å². The van der Waals surface area contributed by atoms with Crippen LogP contribution in [0.1, 0.15) is 44.9 Å². The van der Waals surface area contributed by atoms with Gasteiger partial charge in [0.05, 0.1) is 5.69 Å². The zero-order chi connectivity index (χ0) is 25.8. The number of hydrogen-bond donors (Lipinski definition) is 1. The van der Waals surface area contributed by atoms with Crippen LogP contribution in [0.4, 0.5) is 5.69 Å². The van der Waals surface area contributed by atoms with Crippen LogP contribution in [0, 0.1) is 11.8 Å². The zero-order valence-corrected chi connectivity index (χ0v) is 22.5. The van der Waals surface area contributed by atoms with E-state index in [4.69, 9.17) is 4.52 Å². The predicted octanol–water partition coefficient (Wildman–Crippen LogP) is 5.15. The van der Waals surface area contributed by atoms with E-state index >= 15 is 0 Å². The number of nitrogens with one attached hydrogen (secondary N) is 1. The first kappa shape index (κ1) is 25.5. The third kappa shape index (κ3) is 6.24. The molecule has 3 heterocycles. The van der Waals surface area contributed by atoms with Crippen LogP contribution in [0.15, 0.2) is 65.2 Å². The van der Waals surface area contributed by atoms with Crippen LogP contribution >= 0.6 is 0 Å². The summed E-state index contributed by atoms with van der Waals surface area (Å²) in [5.41, 5.74) is 4.69. The first-order chi connectivity index (χ1) is 17.9. The van der Waals surface area contributed by atoms with Crippen molar-refractivity contribution in [2.75, 3.05) is 44.2 Å². The van der Waals surface area contributed by atoms with Crippen molar-refractivity contribution in [3.8, 4) is 11.3 Å². The van der Waals surface area contributed by atoms with Crippen LogP contribution in [0.2, 0.25) is 0 Å². The van der Waals surface area contributed by atoms with Gasteiger partial charge in [-0.05, 0) is 60.9 Å². The highest BCUT2D eigenvalue weighted by Crippen LogP contribution is 2.30. The molecule has 2 atom stereocenters. The van der Waals surface area contributed by atoms with E-state index in [1.807, 2.05) is 6.07 Å². The summed E-state index contributed by atoms with van der Waals surface area (Å²) < 4.78 is 5.73. The van der Waals surface area contributed by atoms with Gasteiger partial charge in [-0.1, -0.05) is 68.4 Å². The molecule has 1 amide bonds. The molecule has 2 aliphatic heterocycles. The van der Waals surface area contributed by atoms with Crippen LogP contribution in [0.5, 0.6) is 0 Å². The fourth-order valence-electron chi connectivity index (χ4n) is 5.64. The first-order valence-corrected chi connectivity index (χ1v) is 13.7. The molecule has 1 N–H and O–H groups in total. The lowest BCUT2D eigenvalue weighted by Crippen LogP contribution is -2.50. The van der Waals surface area contributed by atoms with Crippen molar-refractivity contribution in [2.24, 2.45) is 11.8 Å². The number of benzene rings is 2. The maximum Gasteiger partial charge on any atom is 0.222 e. The molecule has 3 aromatic rings. The van der Waals surface area contributed by atoms with E-state index in [1.54, 1.807) is 0 Å². The van der Waals surface area contributed by atoms with Gasteiger partial charge in [0.2, 0.25) is 5.91 Å². The van der Waals surface area contributed by atoms with Crippen molar-refractivity contribution in [3.63, 3.8) is 0 Å². The Bertz CT molecular complexity index is 1160. The summed E-state index contributed by atoms with van der Waals surface area (Å²) in [4.78, 5) is 17.7. The molecule has 0 bridgehead atoms. The molecule has 6 heteroatoms. The number of nitrogens with zero attached hydrogens (tertiary/aromatic N) is 3. The molecule has 0 radical (unpaired) electrons. The molecule has 2 fully saturated rings. The average Bonchev–Trinajstić information content (AvgIpc) is 3.38. The number of para-hydroxylation sites is 1. The summed E-state index contributed by atoms with van der Waals surface area (Å²) >= 11 is 0. The van der Waals surface area contributed by atoms with Crippen molar-refractivity contribution in [3.05, 3.63) is 71.9 Å². The number of amides is 1. The summed E-state index contributed by atoms with van der Waals surface area (Å²) in [6, 6.07) is 21.1. The largest absolute Gasteiger partial charge is 0.368 e. The summed E-state index contributed by atoms with van der Waals surface area (Å²) in [5.74, 6) is 1.85. The number of anilines is 1. The van der Waals surface area contributed by atoms with Gasteiger partial charge in [0, 0.05) is 49.9 Å². The fourth-order valence-corrected chi connectivity index (χ4v) is 5.64. The average molecular weight is 501 g/mol. The topological polar surface area (TPSA) is 61.6 Å². The van der Waals surface area contributed by atoms with E-state index < -0.39 is 0 Å². The third-order valence-corrected chi connectivity index (χ3v) is 8.02. The van der Waals surface area contributed by atoms with Crippen molar-refractivity contribution >= 4 is 11.6 Å². The van der Waals surface area contributed by atoms with Gasteiger partial charge in [0.15, 0.2) is 5.76 Å². The standard InChI is InChI=1S/C31H40N4O2/c1-31(2,3)26-11-9-23(10-12-26)29-21-27(33-37-29)19-25-22-32-14-13-24(25)20-30(36)35-17-15-34(16-18-35)28-7-5-4-6-8-28/h4-12,21,24-25,32H,13-20,22H2,1-3H3/t24-,25+/m0/s1. The quantitative estimate of drug-likeness (QED) is 0.507. The molecule has 0 aliphatic carbocycles. The van der Waals surface area contributed by atoms with Crippen molar-refractivity contribution < 1.29 is 9.32 Å². The zero-order valence-electron chi connectivity index (χ0n) is 22.5. The minimum atomic E-state index is 0.126. The Hall–Kier alpha value is -3.12. The molecule has 0 spiro atoms. The highest BCUT2D eigenvalue weighted by Gasteiger charge is 2.31. The third-order valence-electron chi connectivity index (χ3n) is 8.02. The van der Waals surface area contributed by atoms with Crippen LogP contribution in [0.25, 0.3) is 11.3 Å². The van der Waals surface area contributed by atoms with E-state index in [0.29, 0.717) is 24.2 Å². The number of piperazine rings is 1. The molecule has 2 aromatic carbocycles. The van der Waals surface area contributed by atoms with E-state index in [9.17, 15) is 4.79 Å². The maximum atomic E-state index is 13.2. The number of aromatic nitrogens is 1. The van der Waals surface area contributed by atoms with Crippen LogP contribution in [-0.2, 0) is 16.6 Å². The lowest BCUT2D eigenvalue weighted by molar-refractivity contribution is -0.133. The van der Waals surface area contributed by atoms with Gasteiger partial charge in [-0.25, -0.2) is 0 Å². The van der Waals surface area contributed by atoms with E-state index in [0.717, 1.165) is 69.1 Å². The van der Waals surface area contributed by atoms with Gasteiger partial charge in [-0.15, -0.1) is 0 Å². The number of carbonyl (C=O) groups excluding carboxylic acids is 1. The minimum Gasteiger partial charge on any atom is -0.368 e. The lowest BCUT2D eigenvalue weighted by Gasteiger charge is -2.38. The predicted molar refractivity (Wildman–Crippen MR) is 149 cm³/mol. The maximum absolute atomic E-state index is 13.2. The van der Waals surface area contributed by atoms with Gasteiger partial charge in [-0.3, -0.25) is 4.79 Å². The molecular formula is C31H40N4O2. The lowest BCUT2D eigenvalue weighted by atomic mass is 9.81. The Kier molecular flexibility index (Phi) is 7.65. The van der Waals surface area contributed by atoms with Crippen LogP contribution in [-0.4, -0.2) is 55.2 Å². The second kappa shape index (κ2) is 11.1. The molecule has 37 heavy (non-hydrogen) atoms. The Labute approximate surface area is 221 Å². The molecule has 5 rings (SSSR count).